The lowest BCUT2D eigenvalue weighted by molar-refractivity contribution is -0.135. The number of aliphatic hydroxyl groups is 1. The van der Waals surface area contributed by atoms with Crippen molar-refractivity contribution in [2.75, 3.05) is 0 Å². The Morgan fingerprint density at radius 1 is 0.758 bits per heavy atom. The van der Waals surface area contributed by atoms with Crippen LogP contribution in [0.4, 0.5) is 0 Å². The van der Waals surface area contributed by atoms with E-state index in [2.05, 4.69) is 0 Å². The highest BCUT2D eigenvalue weighted by molar-refractivity contribution is 5.80. The first-order valence-corrected chi connectivity index (χ1v) is 10.2. The summed E-state index contributed by atoms with van der Waals surface area (Å²) in [5, 5.41) is 60.5. The standard InChI is InChI=1S/C24H20O9/c25-14-3-1-10(5-17(14)28)12-8-21(31)32-20-9-16(27)13-7-19(30)23(33-24(13)22(12)20)11-2-4-15(26)18(29)6-11/h1-6,9,12,19,23,25-30H,7-8H2/t12-,19?,23-/m1/s1. The quantitative estimate of drug-likeness (QED) is 0.195. The lowest BCUT2D eigenvalue weighted by Crippen LogP contribution is -2.32. The van der Waals surface area contributed by atoms with Crippen LogP contribution in [-0.2, 0) is 11.2 Å². The predicted octanol–water partition coefficient (Wildman–Crippen LogP) is 2.69. The molecule has 0 saturated carbocycles. The number of aromatic hydroxyl groups is 5. The van der Waals surface area contributed by atoms with Crippen molar-refractivity contribution in [3.05, 3.63) is 64.7 Å². The Morgan fingerprint density at radius 3 is 2.06 bits per heavy atom. The van der Waals surface area contributed by atoms with Gasteiger partial charge in [0, 0.05) is 29.5 Å². The molecule has 3 aromatic carbocycles. The van der Waals surface area contributed by atoms with Gasteiger partial charge in [-0.15, -0.1) is 0 Å². The van der Waals surface area contributed by atoms with Gasteiger partial charge in [0.2, 0.25) is 0 Å². The van der Waals surface area contributed by atoms with Gasteiger partial charge < -0.3 is 40.1 Å². The number of carbonyl (C=O) groups is 1. The molecule has 0 aromatic heterocycles. The molecular formula is C24H20O9. The Hall–Kier alpha value is -4.11. The Kier molecular flexibility index (Phi) is 4.71. The summed E-state index contributed by atoms with van der Waals surface area (Å²) >= 11 is 0. The highest BCUT2D eigenvalue weighted by atomic mass is 16.5. The van der Waals surface area contributed by atoms with Crippen molar-refractivity contribution >= 4 is 5.97 Å². The second-order valence-corrected chi connectivity index (χ2v) is 8.15. The van der Waals surface area contributed by atoms with E-state index in [0.717, 1.165) is 0 Å². The van der Waals surface area contributed by atoms with Crippen molar-refractivity contribution in [3.63, 3.8) is 0 Å². The van der Waals surface area contributed by atoms with E-state index in [-0.39, 0.29) is 53.1 Å². The van der Waals surface area contributed by atoms with Crippen LogP contribution in [0.25, 0.3) is 0 Å². The number of hydrogen-bond acceptors (Lipinski definition) is 9. The van der Waals surface area contributed by atoms with Crippen LogP contribution < -0.4 is 9.47 Å². The molecule has 6 N–H and O–H groups in total. The van der Waals surface area contributed by atoms with Crippen molar-refractivity contribution in [2.24, 2.45) is 0 Å². The number of phenolic OH excluding ortho intramolecular Hbond substituents is 5. The second-order valence-electron chi connectivity index (χ2n) is 8.15. The summed E-state index contributed by atoms with van der Waals surface area (Å²) in [4.78, 5) is 12.3. The Bertz CT molecular complexity index is 1280. The highest BCUT2D eigenvalue weighted by Crippen LogP contribution is 2.52. The molecule has 2 heterocycles. The molecule has 5 rings (SSSR count). The third kappa shape index (κ3) is 3.42. The molecule has 1 unspecified atom stereocenters. The summed E-state index contributed by atoms with van der Waals surface area (Å²) < 4.78 is 11.5. The minimum atomic E-state index is -1.08. The molecule has 9 nitrogen and oxygen atoms in total. The van der Waals surface area contributed by atoms with Crippen LogP contribution in [0.3, 0.4) is 0 Å². The normalized spacial score (nSPS) is 21.5. The number of hydrogen-bond donors (Lipinski definition) is 6. The first kappa shape index (κ1) is 20.8. The molecule has 0 amide bonds. The van der Waals surface area contributed by atoms with Crippen LogP contribution in [0, 0.1) is 0 Å². The number of rotatable bonds is 2. The predicted molar refractivity (Wildman–Crippen MR) is 113 cm³/mol. The fourth-order valence-electron chi connectivity index (χ4n) is 4.43. The zero-order valence-electron chi connectivity index (χ0n) is 17.1. The molecule has 0 bridgehead atoms. The largest absolute Gasteiger partial charge is 0.507 e. The van der Waals surface area contributed by atoms with Crippen molar-refractivity contribution in [3.8, 4) is 40.2 Å². The second kappa shape index (κ2) is 7.49. The van der Waals surface area contributed by atoms with Gasteiger partial charge in [-0.25, -0.2) is 0 Å². The SMILES string of the molecule is O=C1C[C@H](c2ccc(O)c(O)c2)c2c(cc(O)c3c2O[C@H](c2ccc(O)c(O)c2)C(O)C3)O1. The Balaban J connectivity index is 1.66. The van der Waals surface area contributed by atoms with Crippen molar-refractivity contribution in [1.82, 2.24) is 0 Å². The first-order valence-electron chi connectivity index (χ1n) is 10.2. The van der Waals surface area contributed by atoms with Crippen LogP contribution in [-0.4, -0.2) is 42.7 Å². The molecule has 3 aromatic rings. The molecule has 0 fully saturated rings. The third-order valence-electron chi connectivity index (χ3n) is 6.04. The van der Waals surface area contributed by atoms with Gasteiger partial charge in [-0.1, -0.05) is 12.1 Å². The van der Waals surface area contributed by atoms with Crippen molar-refractivity contribution < 1.29 is 44.9 Å². The van der Waals surface area contributed by atoms with E-state index >= 15 is 0 Å². The van der Waals surface area contributed by atoms with E-state index in [1.165, 1.54) is 36.4 Å². The van der Waals surface area contributed by atoms with E-state index in [9.17, 15) is 35.4 Å². The van der Waals surface area contributed by atoms with Gasteiger partial charge in [0.15, 0.2) is 23.0 Å². The van der Waals surface area contributed by atoms with Gasteiger partial charge in [0.25, 0.3) is 0 Å². The maximum absolute atomic E-state index is 12.3. The summed E-state index contributed by atoms with van der Waals surface area (Å²) in [6.45, 7) is 0. The molecule has 3 atom stereocenters. The fourth-order valence-corrected chi connectivity index (χ4v) is 4.43. The van der Waals surface area contributed by atoms with E-state index in [4.69, 9.17) is 9.47 Å². The number of phenols is 5. The van der Waals surface area contributed by atoms with Crippen LogP contribution in [0.2, 0.25) is 0 Å². The smallest absolute Gasteiger partial charge is 0.312 e. The van der Waals surface area contributed by atoms with Crippen LogP contribution in [0.15, 0.2) is 42.5 Å². The van der Waals surface area contributed by atoms with E-state index in [1.807, 2.05) is 0 Å². The van der Waals surface area contributed by atoms with Gasteiger partial charge in [0.1, 0.15) is 23.4 Å². The van der Waals surface area contributed by atoms with E-state index in [0.29, 0.717) is 22.3 Å². The van der Waals surface area contributed by atoms with Gasteiger partial charge in [-0.2, -0.15) is 0 Å². The summed E-state index contributed by atoms with van der Waals surface area (Å²) in [7, 11) is 0. The Morgan fingerprint density at radius 2 is 1.39 bits per heavy atom. The summed E-state index contributed by atoms with van der Waals surface area (Å²) in [5.41, 5.74) is 1.69. The molecule has 2 aliphatic heterocycles. The van der Waals surface area contributed by atoms with Crippen molar-refractivity contribution in [2.45, 2.75) is 31.0 Å². The van der Waals surface area contributed by atoms with E-state index in [1.54, 1.807) is 6.07 Å². The molecule has 0 saturated heterocycles. The average molecular weight is 452 g/mol. The lowest BCUT2D eigenvalue weighted by Gasteiger charge is -2.36. The van der Waals surface area contributed by atoms with Crippen LogP contribution in [0.5, 0.6) is 40.2 Å². The summed E-state index contributed by atoms with van der Waals surface area (Å²) in [5.74, 6) is -2.43. The number of carbonyl (C=O) groups excluding carboxylic acids is 1. The molecule has 0 aliphatic carbocycles. The Labute approximate surface area is 187 Å². The fraction of sp³-hybridized carbons (Fsp3) is 0.208. The molecule has 33 heavy (non-hydrogen) atoms. The van der Waals surface area contributed by atoms with Crippen LogP contribution >= 0.6 is 0 Å². The molecule has 9 heteroatoms. The van der Waals surface area contributed by atoms with Gasteiger partial charge in [-0.3, -0.25) is 4.79 Å². The number of ether oxygens (including phenoxy) is 2. The monoisotopic (exact) mass is 452 g/mol. The number of esters is 1. The van der Waals surface area contributed by atoms with E-state index < -0.39 is 24.1 Å². The highest BCUT2D eigenvalue weighted by Gasteiger charge is 2.40. The topological polar surface area (TPSA) is 157 Å². The zero-order chi connectivity index (χ0) is 23.4. The first-order chi connectivity index (χ1) is 15.7. The molecule has 170 valence electrons. The van der Waals surface area contributed by atoms with Gasteiger partial charge in [0.05, 0.1) is 12.5 Å². The maximum Gasteiger partial charge on any atom is 0.312 e. The number of aliphatic hydroxyl groups excluding tert-OH is 1. The number of fused-ring (bicyclic) bond motifs is 3. The molecule has 0 spiro atoms. The third-order valence-corrected chi connectivity index (χ3v) is 6.04. The minimum absolute atomic E-state index is 0.0161. The van der Waals surface area contributed by atoms with Gasteiger partial charge in [-0.05, 0) is 35.4 Å². The summed E-state index contributed by atoms with van der Waals surface area (Å²) in [6, 6.07) is 9.56. The van der Waals surface area contributed by atoms with Crippen LogP contribution in [0.1, 0.15) is 40.7 Å². The number of benzene rings is 3. The molecule has 0 radical (unpaired) electrons. The molecular weight excluding hydrogens is 432 g/mol. The summed E-state index contributed by atoms with van der Waals surface area (Å²) in [6.07, 6.45) is -2.08. The lowest BCUT2D eigenvalue weighted by atomic mass is 9.82. The van der Waals surface area contributed by atoms with Gasteiger partial charge >= 0.3 is 5.97 Å². The minimum Gasteiger partial charge on any atom is -0.507 e. The maximum atomic E-state index is 12.3. The average Bonchev–Trinajstić information content (AvgIpc) is 2.77. The molecule has 2 aliphatic rings. The zero-order valence-corrected chi connectivity index (χ0v) is 17.1. The van der Waals surface area contributed by atoms with Crippen molar-refractivity contribution in [1.29, 1.82) is 0 Å².